The lowest BCUT2D eigenvalue weighted by Crippen LogP contribution is -2.34. The maximum Gasteiger partial charge on any atom is 0.416 e. The molecule has 0 aliphatic heterocycles. The van der Waals surface area contributed by atoms with Crippen LogP contribution in [0.15, 0.2) is 29.1 Å². The highest BCUT2D eigenvalue weighted by molar-refractivity contribution is 5.97. The summed E-state index contributed by atoms with van der Waals surface area (Å²) in [4.78, 5) is 36.1. The Morgan fingerprint density at radius 3 is 2.13 bits per heavy atom. The first kappa shape index (κ1) is 21.7. The van der Waals surface area contributed by atoms with Gasteiger partial charge in [-0.1, -0.05) is 25.0 Å². The number of aromatic hydroxyl groups is 1. The summed E-state index contributed by atoms with van der Waals surface area (Å²) in [7, 11) is 0. The van der Waals surface area contributed by atoms with E-state index in [1.807, 2.05) is 0 Å². The minimum absolute atomic E-state index is 0.0431. The van der Waals surface area contributed by atoms with Crippen molar-refractivity contribution in [2.24, 2.45) is 0 Å². The van der Waals surface area contributed by atoms with Crippen LogP contribution in [0.4, 0.5) is 13.2 Å². The Hall–Kier alpha value is -2.97. The standard InChI is InChI=1S/C21H21F3N2O4/c1-12(27)16-18(29)19(30)17(13(2)28)26(25-16)11-20(9-3-4-10-20)14-5-7-15(8-6-14)21(22,23)24/h5-8,30H,3-4,9-11H2,1-2H3. The Kier molecular flexibility index (Phi) is 5.58. The predicted molar refractivity (Wildman–Crippen MR) is 102 cm³/mol. The fraction of sp³-hybridized carbons (Fsp3) is 0.429. The predicted octanol–water partition coefficient (Wildman–Crippen LogP) is 3.88. The number of Topliss-reactive ketones (excluding diaryl/α,β-unsaturated/α-hetero) is 2. The highest BCUT2D eigenvalue weighted by Gasteiger charge is 2.39. The van der Waals surface area contributed by atoms with Gasteiger partial charge in [0.15, 0.2) is 23.0 Å². The zero-order valence-corrected chi connectivity index (χ0v) is 16.5. The van der Waals surface area contributed by atoms with E-state index in [-0.39, 0.29) is 12.2 Å². The molecule has 0 amide bonds. The van der Waals surface area contributed by atoms with Crippen LogP contribution in [-0.2, 0) is 18.1 Å². The average molecular weight is 422 g/mol. The molecule has 1 aromatic heterocycles. The molecule has 1 N–H and O–H groups in total. The molecule has 1 heterocycles. The molecule has 0 atom stereocenters. The van der Waals surface area contributed by atoms with Crippen LogP contribution in [-0.4, -0.2) is 26.5 Å². The summed E-state index contributed by atoms with van der Waals surface area (Å²) < 4.78 is 40.0. The van der Waals surface area contributed by atoms with Crippen molar-refractivity contribution in [3.05, 3.63) is 57.0 Å². The number of halogens is 3. The van der Waals surface area contributed by atoms with E-state index in [2.05, 4.69) is 5.10 Å². The molecular weight excluding hydrogens is 401 g/mol. The van der Waals surface area contributed by atoms with Crippen LogP contribution >= 0.6 is 0 Å². The molecule has 0 spiro atoms. The Bertz CT molecular complexity index is 1050. The van der Waals surface area contributed by atoms with E-state index in [0.29, 0.717) is 18.4 Å². The lowest BCUT2D eigenvalue weighted by atomic mass is 9.78. The van der Waals surface area contributed by atoms with Gasteiger partial charge >= 0.3 is 6.18 Å². The second-order valence-corrected chi connectivity index (χ2v) is 7.71. The van der Waals surface area contributed by atoms with Crippen LogP contribution in [0.5, 0.6) is 5.75 Å². The fourth-order valence-corrected chi connectivity index (χ4v) is 4.14. The lowest BCUT2D eigenvalue weighted by molar-refractivity contribution is -0.137. The van der Waals surface area contributed by atoms with Gasteiger partial charge in [0.1, 0.15) is 5.69 Å². The number of ketones is 2. The Morgan fingerprint density at radius 2 is 1.67 bits per heavy atom. The molecule has 1 aliphatic rings. The van der Waals surface area contributed by atoms with Crippen LogP contribution in [0, 0.1) is 0 Å². The largest absolute Gasteiger partial charge is 0.502 e. The number of nitrogens with zero attached hydrogens (tertiary/aromatic N) is 2. The maximum atomic E-state index is 12.9. The van der Waals surface area contributed by atoms with Crippen molar-refractivity contribution < 1.29 is 27.9 Å². The normalized spacial score (nSPS) is 15.9. The van der Waals surface area contributed by atoms with Gasteiger partial charge in [0.2, 0.25) is 0 Å². The topological polar surface area (TPSA) is 89.3 Å². The van der Waals surface area contributed by atoms with Crippen LogP contribution in [0.1, 0.15) is 71.6 Å². The lowest BCUT2D eigenvalue weighted by Gasteiger charge is -2.31. The Balaban J connectivity index is 2.13. The third-order valence-electron chi connectivity index (χ3n) is 5.64. The molecule has 2 aromatic rings. The minimum Gasteiger partial charge on any atom is -0.502 e. The fourth-order valence-electron chi connectivity index (χ4n) is 4.14. The van der Waals surface area contributed by atoms with Crippen molar-refractivity contribution in [3.63, 3.8) is 0 Å². The smallest absolute Gasteiger partial charge is 0.416 e. The zero-order chi connectivity index (χ0) is 22.3. The Labute approximate surface area is 170 Å². The molecule has 0 radical (unpaired) electrons. The van der Waals surface area contributed by atoms with Gasteiger partial charge in [0.05, 0.1) is 12.1 Å². The SMILES string of the molecule is CC(=O)c1nn(CC2(c3ccc(C(F)(F)F)cc3)CCCC2)c(C(C)=O)c(O)c1=O. The first-order valence-corrected chi connectivity index (χ1v) is 9.50. The van der Waals surface area contributed by atoms with Crippen molar-refractivity contribution in [1.29, 1.82) is 0 Å². The molecule has 6 nitrogen and oxygen atoms in total. The van der Waals surface area contributed by atoms with Crippen molar-refractivity contribution in [2.45, 2.75) is 57.7 Å². The van der Waals surface area contributed by atoms with E-state index in [1.54, 1.807) is 0 Å². The number of hydrogen-bond donors (Lipinski definition) is 1. The number of alkyl halides is 3. The molecule has 3 rings (SSSR count). The van der Waals surface area contributed by atoms with Crippen LogP contribution in [0.3, 0.4) is 0 Å². The third kappa shape index (κ3) is 3.88. The number of hydrogen-bond acceptors (Lipinski definition) is 5. The summed E-state index contributed by atoms with van der Waals surface area (Å²) in [6, 6.07) is 4.85. The molecule has 0 unspecified atom stereocenters. The van der Waals surface area contributed by atoms with Crippen molar-refractivity contribution >= 4 is 11.6 Å². The number of benzene rings is 1. The van der Waals surface area contributed by atoms with Gasteiger partial charge in [-0.25, -0.2) is 0 Å². The monoisotopic (exact) mass is 422 g/mol. The molecule has 1 aromatic carbocycles. The first-order chi connectivity index (χ1) is 14.0. The molecule has 9 heteroatoms. The molecule has 0 bridgehead atoms. The molecule has 30 heavy (non-hydrogen) atoms. The van der Waals surface area contributed by atoms with Crippen LogP contribution in [0.2, 0.25) is 0 Å². The summed E-state index contributed by atoms with van der Waals surface area (Å²) in [6.45, 7) is 2.34. The molecule has 0 saturated heterocycles. The summed E-state index contributed by atoms with van der Waals surface area (Å²) in [5.74, 6) is -2.11. The highest BCUT2D eigenvalue weighted by Crippen LogP contribution is 2.43. The first-order valence-electron chi connectivity index (χ1n) is 9.50. The summed E-state index contributed by atoms with van der Waals surface area (Å²) in [6.07, 6.45) is -1.56. The van der Waals surface area contributed by atoms with Gasteiger partial charge in [-0.2, -0.15) is 18.3 Å². The highest BCUT2D eigenvalue weighted by atomic mass is 19.4. The van der Waals surface area contributed by atoms with E-state index < -0.39 is 45.6 Å². The number of carbonyl (C=O) groups is 2. The van der Waals surface area contributed by atoms with E-state index in [0.717, 1.165) is 36.6 Å². The number of carbonyl (C=O) groups excluding carboxylic acids is 2. The van der Waals surface area contributed by atoms with E-state index in [9.17, 15) is 32.7 Å². The van der Waals surface area contributed by atoms with Crippen molar-refractivity contribution in [2.75, 3.05) is 0 Å². The van der Waals surface area contributed by atoms with Gasteiger partial charge in [-0.15, -0.1) is 0 Å². The quantitative estimate of drug-likeness (QED) is 0.739. The van der Waals surface area contributed by atoms with E-state index >= 15 is 0 Å². The van der Waals surface area contributed by atoms with Crippen molar-refractivity contribution in [1.82, 2.24) is 9.78 Å². The second-order valence-electron chi connectivity index (χ2n) is 7.71. The second kappa shape index (κ2) is 7.70. The average Bonchev–Trinajstić information content (AvgIpc) is 3.13. The van der Waals surface area contributed by atoms with Gasteiger partial charge in [-0.3, -0.25) is 19.1 Å². The van der Waals surface area contributed by atoms with Crippen molar-refractivity contribution in [3.8, 4) is 5.75 Å². The van der Waals surface area contributed by atoms with Crippen LogP contribution in [0.25, 0.3) is 0 Å². The zero-order valence-electron chi connectivity index (χ0n) is 16.5. The Morgan fingerprint density at radius 1 is 1.10 bits per heavy atom. The molecule has 160 valence electrons. The molecule has 1 fully saturated rings. The van der Waals surface area contributed by atoms with Crippen LogP contribution < -0.4 is 5.43 Å². The van der Waals surface area contributed by atoms with Gasteiger partial charge < -0.3 is 5.11 Å². The minimum atomic E-state index is -4.45. The van der Waals surface area contributed by atoms with E-state index in [1.165, 1.54) is 19.1 Å². The maximum absolute atomic E-state index is 12.9. The molecule has 1 saturated carbocycles. The molecule has 1 aliphatic carbocycles. The summed E-state index contributed by atoms with van der Waals surface area (Å²) >= 11 is 0. The third-order valence-corrected chi connectivity index (χ3v) is 5.64. The van der Waals surface area contributed by atoms with Gasteiger partial charge in [-0.05, 0) is 30.5 Å². The number of aromatic nitrogens is 2. The summed E-state index contributed by atoms with van der Waals surface area (Å²) in [5, 5.41) is 14.3. The summed E-state index contributed by atoms with van der Waals surface area (Å²) in [5.41, 5.74) is -2.58. The number of rotatable bonds is 5. The van der Waals surface area contributed by atoms with E-state index in [4.69, 9.17) is 0 Å². The molecular formula is C21H21F3N2O4. The van der Waals surface area contributed by atoms with Gasteiger partial charge in [0.25, 0.3) is 5.43 Å². The van der Waals surface area contributed by atoms with Gasteiger partial charge in [0, 0.05) is 19.3 Å².